The van der Waals surface area contributed by atoms with E-state index < -0.39 is 0 Å². The molecule has 0 aliphatic carbocycles. The molecule has 2 aromatic rings. The molecular formula is C10H11BrN4S. The van der Waals surface area contributed by atoms with E-state index in [1.165, 1.54) is 17.1 Å². The van der Waals surface area contributed by atoms with Gasteiger partial charge in [-0.3, -0.25) is 0 Å². The number of rotatable bonds is 3. The maximum absolute atomic E-state index is 5.49. The van der Waals surface area contributed by atoms with Crippen molar-refractivity contribution >= 4 is 38.5 Å². The van der Waals surface area contributed by atoms with Crippen molar-refractivity contribution in [2.24, 2.45) is 0 Å². The minimum Gasteiger partial charge on any atom is -0.367 e. The third-order valence-corrected chi connectivity index (χ3v) is 3.40. The van der Waals surface area contributed by atoms with E-state index in [0.29, 0.717) is 5.95 Å². The third kappa shape index (κ3) is 2.70. The summed E-state index contributed by atoms with van der Waals surface area (Å²) < 4.78 is 5.03. The first-order valence-corrected chi connectivity index (χ1v) is 6.26. The summed E-state index contributed by atoms with van der Waals surface area (Å²) in [5.41, 5.74) is 6.70. The molecule has 0 atom stereocenters. The van der Waals surface area contributed by atoms with Crippen LogP contribution in [0.15, 0.2) is 28.7 Å². The number of benzene rings is 1. The molecular weight excluding hydrogens is 288 g/mol. The zero-order chi connectivity index (χ0) is 11.5. The quantitative estimate of drug-likeness (QED) is 0.946. The monoisotopic (exact) mass is 298 g/mol. The lowest BCUT2D eigenvalue weighted by Gasteiger charge is -2.14. The van der Waals surface area contributed by atoms with E-state index in [1.54, 1.807) is 0 Å². The summed E-state index contributed by atoms with van der Waals surface area (Å²) in [7, 11) is 1.97. The van der Waals surface area contributed by atoms with Gasteiger partial charge >= 0.3 is 0 Å². The smallest absolute Gasteiger partial charge is 0.233 e. The number of nitrogens with zero attached hydrogens (tertiary/aromatic N) is 3. The highest BCUT2D eigenvalue weighted by Gasteiger charge is 2.07. The van der Waals surface area contributed by atoms with Crippen LogP contribution in [0, 0.1) is 0 Å². The molecule has 0 aliphatic heterocycles. The second kappa shape index (κ2) is 4.80. The Morgan fingerprint density at radius 1 is 1.50 bits per heavy atom. The highest BCUT2D eigenvalue weighted by molar-refractivity contribution is 9.10. The molecule has 0 amide bonds. The number of aromatic nitrogens is 2. The van der Waals surface area contributed by atoms with Gasteiger partial charge in [-0.05, 0) is 17.7 Å². The van der Waals surface area contributed by atoms with Crippen LogP contribution in [-0.4, -0.2) is 16.4 Å². The SMILES string of the molecule is CN(Cc1cccc(Br)c1)c1nc(N)ns1. The zero-order valence-corrected chi connectivity index (χ0v) is 11.1. The highest BCUT2D eigenvalue weighted by atomic mass is 79.9. The summed E-state index contributed by atoms with van der Waals surface area (Å²) in [6, 6.07) is 8.18. The Balaban J connectivity index is 2.10. The molecule has 16 heavy (non-hydrogen) atoms. The van der Waals surface area contributed by atoms with E-state index >= 15 is 0 Å². The molecule has 0 bridgehead atoms. The van der Waals surface area contributed by atoms with Crippen LogP contribution in [0.3, 0.4) is 0 Å². The molecule has 0 saturated carbocycles. The van der Waals surface area contributed by atoms with Gasteiger partial charge in [0.25, 0.3) is 0 Å². The van der Waals surface area contributed by atoms with E-state index in [1.807, 2.05) is 24.1 Å². The molecule has 0 unspecified atom stereocenters. The Morgan fingerprint density at radius 2 is 2.31 bits per heavy atom. The number of nitrogen functional groups attached to an aromatic ring is 1. The van der Waals surface area contributed by atoms with Crippen LogP contribution >= 0.6 is 27.5 Å². The maximum Gasteiger partial charge on any atom is 0.233 e. The number of anilines is 2. The van der Waals surface area contributed by atoms with Crippen molar-refractivity contribution < 1.29 is 0 Å². The fraction of sp³-hybridized carbons (Fsp3) is 0.200. The lowest BCUT2D eigenvalue weighted by atomic mass is 10.2. The first-order valence-electron chi connectivity index (χ1n) is 4.70. The molecule has 84 valence electrons. The Kier molecular flexibility index (Phi) is 3.40. The van der Waals surface area contributed by atoms with Crippen molar-refractivity contribution in [3.05, 3.63) is 34.3 Å². The average molecular weight is 299 g/mol. The van der Waals surface area contributed by atoms with Crippen molar-refractivity contribution in [3.63, 3.8) is 0 Å². The van der Waals surface area contributed by atoms with Crippen molar-refractivity contribution in [1.82, 2.24) is 9.36 Å². The number of nitrogens with two attached hydrogens (primary N) is 1. The highest BCUT2D eigenvalue weighted by Crippen LogP contribution is 2.20. The summed E-state index contributed by atoms with van der Waals surface area (Å²) in [4.78, 5) is 6.15. The summed E-state index contributed by atoms with van der Waals surface area (Å²) in [6.45, 7) is 0.786. The fourth-order valence-electron chi connectivity index (χ4n) is 1.36. The van der Waals surface area contributed by atoms with Crippen molar-refractivity contribution in [2.75, 3.05) is 17.7 Å². The number of hydrogen-bond donors (Lipinski definition) is 1. The minimum atomic E-state index is 0.334. The predicted molar refractivity (Wildman–Crippen MR) is 70.6 cm³/mol. The third-order valence-electron chi connectivity index (χ3n) is 2.07. The van der Waals surface area contributed by atoms with Gasteiger partial charge in [0, 0.05) is 29.6 Å². The molecule has 6 heteroatoms. The molecule has 0 radical (unpaired) electrons. The fourth-order valence-corrected chi connectivity index (χ4v) is 2.36. The van der Waals surface area contributed by atoms with E-state index in [9.17, 15) is 0 Å². The predicted octanol–water partition coefficient (Wildman–Crippen LogP) is 2.52. The van der Waals surface area contributed by atoms with Gasteiger partial charge in [0.1, 0.15) is 0 Å². The Labute approximate surface area is 106 Å². The van der Waals surface area contributed by atoms with Crippen LogP contribution in [0.2, 0.25) is 0 Å². The molecule has 0 fully saturated rings. The van der Waals surface area contributed by atoms with Crippen LogP contribution in [0.4, 0.5) is 11.1 Å². The summed E-state index contributed by atoms with van der Waals surface area (Å²) in [5, 5.41) is 0.831. The molecule has 1 heterocycles. The molecule has 0 saturated heterocycles. The largest absolute Gasteiger partial charge is 0.367 e. The van der Waals surface area contributed by atoms with Crippen LogP contribution in [0.25, 0.3) is 0 Å². The normalized spacial score (nSPS) is 10.4. The first-order chi connectivity index (χ1) is 7.65. The van der Waals surface area contributed by atoms with E-state index in [0.717, 1.165) is 16.1 Å². The van der Waals surface area contributed by atoms with Gasteiger partial charge in [-0.1, -0.05) is 28.1 Å². The maximum atomic E-state index is 5.49. The van der Waals surface area contributed by atoms with Crippen molar-refractivity contribution in [2.45, 2.75) is 6.54 Å². The Morgan fingerprint density at radius 3 is 2.94 bits per heavy atom. The summed E-state index contributed by atoms with van der Waals surface area (Å²) in [6.07, 6.45) is 0. The standard InChI is InChI=1S/C10H11BrN4S/c1-15(10-13-9(12)14-16-10)6-7-3-2-4-8(11)5-7/h2-5H,6H2,1H3,(H2,12,14). The van der Waals surface area contributed by atoms with Crippen molar-refractivity contribution in [1.29, 1.82) is 0 Å². The first kappa shape index (κ1) is 11.3. The number of halogens is 1. The summed E-state index contributed by atoms with van der Waals surface area (Å²) >= 11 is 4.76. The second-order valence-corrected chi connectivity index (χ2v) is 5.07. The van der Waals surface area contributed by atoms with Crippen LogP contribution in [0.5, 0.6) is 0 Å². The molecule has 4 nitrogen and oxygen atoms in total. The van der Waals surface area contributed by atoms with Gasteiger partial charge in [-0.15, -0.1) is 0 Å². The minimum absolute atomic E-state index is 0.334. The van der Waals surface area contributed by atoms with Gasteiger partial charge in [0.15, 0.2) is 0 Å². The second-order valence-electron chi connectivity index (χ2n) is 3.42. The Bertz CT molecular complexity index is 485. The summed E-state index contributed by atoms with van der Waals surface area (Å²) in [5.74, 6) is 0.334. The van der Waals surface area contributed by atoms with Crippen LogP contribution in [-0.2, 0) is 6.54 Å². The van der Waals surface area contributed by atoms with E-state index in [-0.39, 0.29) is 0 Å². The van der Waals surface area contributed by atoms with Crippen molar-refractivity contribution in [3.8, 4) is 0 Å². The average Bonchev–Trinajstić information content (AvgIpc) is 2.65. The lowest BCUT2D eigenvalue weighted by molar-refractivity contribution is 0.914. The zero-order valence-electron chi connectivity index (χ0n) is 8.72. The molecule has 2 N–H and O–H groups in total. The van der Waals surface area contributed by atoms with Crippen LogP contribution in [0.1, 0.15) is 5.56 Å². The van der Waals surface area contributed by atoms with Gasteiger partial charge in [-0.25, -0.2) is 0 Å². The van der Waals surface area contributed by atoms with E-state index in [4.69, 9.17) is 5.73 Å². The van der Waals surface area contributed by atoms with Gasteiger partial charge in [0.2, 0.25) is 11.1 Å². The lowest BCUT2D eigenvalue weighted by Crippen LogP contribution is -2.16. The van der Waals surface area contributed by atoms with Gasteiger partial charge < -0.3 is 10.6 Å². The number of hydrogen-bond acceptors (Lipinski definition) is 5. The Hall–Kier alpha value is -1.14. The molecule has 2 rings (SSSR count). The topological polar surface area (TPSA) is 55.0 Å². The van der Waals surface area contributed by atoms with Gasteiger partial charge in [-0.2, -0.15) is 9.36 Å². The van der Waals surface area contributed by atoms with E-state index in [2.05, 4.69) is 37.4 Å². The molecule has 1 aromatic heterocycles. The van der Waals surface area contributed by atoms with Gasteiger partial charge in [0.05, 0.1) is 0 Å². The molecule has 0 spiro atoms. The van der Waals surface area contributed by atoms with Crippen LogP contribution < -0.4 is 10.6 Å². The molecule has 1 aromatic carbocycles. The molecule has 0 aliphatic rings.